The van der Waals surface area contributed by atoms with Crippen LogP contribution in [0.4, 0.5) is 0 Å². The van der Waals surface area contributed by atoms with Crippen LogP contribution in [0.25, 0.3) is 11.4 Å². The lowest BCUT2D eigenvalue weighted by molar-refractivity contribution is 0.354. The molecular formula is C15H21N3O. The normalized spacial score (nSPS) is 12.5. The standard InChI is InChI=1S/C15H21N3O/c1-2-12(10-11-16)8-9-14-17-15(18-19-14)13-6-4-3-5-7-13/h3-7,12H,2,8-11,16H2,1H3. The van der Waals surface area contributed by atoms with E-state index in [1.165, 1.54) is 0 Å². The molecule has 0 aliphatic rings. The van der Waals surface area contributed by atoms with Gasteiger partial charge in [0.2, 0.25) is 11.7 Å². The fraction of sp³-hybridized carbons (Fsp3) is 0.467. The molecule has 0 aliphatic heterocycles. The molecule has 1 aromatic carbocycles. The molecule has 0 saturated carbocycles. The Morgan fingerprint density at radius 2 is 2.00 bits per heavy atom. The van der Waals surface area contributed by atoms with E-state index in [2.05, 4.69) is 17.1 Å². The van der Waals surface area contributed by atoms with E-state index in [0.29, 0.717) is 17.6 Å². The Hall–Kier alpha value is -1.68. The van der Waals surface area contributed by atoms with Gasteiger partial charge in [-0.1, -0.05) is 48.8 Å². The fourth-order valence-electron chi connectivity index (χ4n) is 2.18. The van der Waals surface area contributed by atoms with E-state index in [4.69, 9.17) is 10.3 Å². The molecule has 0 radical (unpaired) electrons. The largest absolute Gasteiger partial charge is 0.339 e. The maximum Gasteiger partial charge on any atom is 0.226 e. The van der Waals surface area contributed by atoms with Gasteiger partial charge in [0.1, 0.15) is 0 Å². The second kappa shape index (κ2) is 7.04. The van der Waals surface area contributed by atoms with Crippen LogP contribution < -0.4 is 5.73 Å². The zero-order valence-corrected chi connectivity index (χ0v) is 11.4. The van der Waals surface area contributed by atoms with Crippen molar-refractivity contribution in [1.29, 1.82) is 0 Å². The fourth-order valence-corrected chi connectivity index (χ4v) is 2.18. The van der Waals surface area contributed by atoms with Crippen molar-refractivity contribution in [3.05, 3.63) is 36.2 Å². The molecule has 0 aliphatic carbocycles. The number of nitrogens with zero attached hydrogens (tertiary/aromatic N) is 2. The molecule has 1 aromatic heterocycles. The van der Waals surface area contributed by atoms with Gasteiger partial charge in [-0.15, -0.1) is 0 Å². The van der Waals surface area contributed by atoms with E-state index in [9.17, 15) is 0 Å². The molecule has 4 nitrogen and oxygen atoms in total. The summed E-state index contributed by atoms with van der Waals surface area (Å²) in [5.74, 6) is 2.04. The van der Waals surface area contributed by atoms with Crippen molar-refractivity contribution in [3.8, 4) is 11.4 Å². The van der Waals surface area contributed by atoms with Crippen LogP contribution in [0.2, 0.25) is 0 Å². The molecule has 19 heavy (non-hydrogen) atoms. The van der Waals surface area contributed by atoms with E-state index >= 15 is 0 Å². The SMILES string of the molecule is CCC(CCN)CCc1nc(-c2ccccc2)no1. The van der Waals surface area contributed by atoms with Gasteiger partial charge in [0, 0.05) is 12.0 Å². The van der Waals surface area contributed by atoms with Gasteiger partial charge in [-0.25, -0.2) is 0 Å². The zero-order chi connectivity index (χ0) is 13.5. The Balaban J connectivity index is 1.94. The molecule has 2 N–H and O–H groups in total. The minimum Gasteiger partial charge on any atom is -0.339 e. The summed E-state index contributed by atoms with van der Waals surface area (Å²) >= 11 is 0. The lowest BCUT2D eigenvalue weighted by Crippen LogP contribution is -2.09. The highest BCUT2D eigenvalue weighted by Crippen LogP contribution is 2.18. The number of aromatic nitrogens is 2. The highest BCUT2D eigenvalue weighted by Gasteiger charge is 2.11. The third-order valence-electron chi connectivity index (χ3n) is 3.42. The number of aryl methyl sites for hydroxylation is 1. The Morgan fingerprint density at radius 3 is 2.68 bits per heavy atom. The van der Waals surface area contributed by atoms with Crippen molar-refractivity contribution >= 4 is 0 Å². The van der Waals surface area contributed by atoms with E-state index < -0.39 is 0 Å². The molecule has 102 valence electrons. The maximum absolute atomic E-state index is 5.60. The van der Waals surface area contributed by atoms with Gasteiger partial charge in [-0.3, -0.25) is 0 Å². The molecular weight excluding hydrogens is 238 g/mol. The summed E-state index contributed by atoms with van der Waals surface area (Å²) < 4.78 is 5.30. The highest BCUT2D eigenvalue weighted by molar-refractivity contribution is 5.53. The summed E-state index contributed by atoms with van der Waals surface area (Å²) in [7, 11) is 0. The summed E-state index contributed by atoms with van der Waals surface area (Å²) in [6, 6.07) is 9.89. The van der Waals surface area contributed by atoms with Crippen molar-refractivity contribution < 1.29 is 4.52 Å². The smallest absolute Gasteiger partial charge is 0.226 e. The van der Waals surface area contributed by atoms with E-state index in [0.717, 1.165) is 37.8 Å². The minimum atomic E-state index is 0.650. The van der Waals surface area contributed by atoms with Gasteiger partial charge < -0.3 is 10.3 Å². The van der Waals surface area contributed by atoms with Crippen LogP contribution in [0.3, 0.4) is 0 Å². The highest BCUT2D eigenvalue weighted by atomic mass is 16.5. The van der Waals surface area contributed by atoms with Gasteiger partial charge in [0.05, 0.1) is 0 Å². The van der Waals surface area contributed by atoms with Crippen LogP contribution in [0.15, 0.2) is 34.9 Å². The van der Waals surface area contributed by atoms with Crippen molar-refractivity contribution in [3.63, 3.8) is 0 Å². The summed E-state index contributed by atoms with van der Waals surface area (Å²) in [6.07, 6.45) is 4.11. The number of hydrogen-bond donors (Lipinski definition) is 1. The van der Waals surface area contributed by atoms with Crippen LogP contribution >= 0.6 is 0 Å². The Bertz CT molecular complexity index is 481. The van der Waals surface area contributed by atoms with E-state index in [-0.39, 0.29) is 0 Å². The number of nitrogens with two attached hydrogens (primary N) is 1. The quantitative estimate of drug-likeness (QED) is 0.830. The second-order valence-electron chi connectivity index (χ2n) is 4.77. The average Bonchev–Trinajstić information content (AvgIpc) is 2.93. The number of rotatable bonds is 7. The summed E-state index contributed by atoms with van der Waals surface area (Å²) in [5, 5.41) is 4.03. The van der Waals surface area contributed by atoms with Crippen LogP contribution in [0.5, 0.6) is 0 Å². The average molecular weight is 259 g/mol. The van der Waals surface area contributed by atoms with Gasteiger partial charge in [0.25, 0.3) is 0 Å². The van der Waals surface area contributed by atoms with Crippen molar-refractivity contribution in [2.45, 2.75) is 32.6 Å². The van der Waals surface area contributed by atoms with Gasteiger partial charge in [-0.05, 0) is 25.3 Å². The first-order chi connectivity index (χ1) is 9.33. The van der Waals surface area contributed by atoms with E-state index in [1.54, 1.807) is 0 Å². The third kappa shape index (κ3) is 3.89. The number of hydrogen-bond acceptors (Lipinski definition) is 4. The third-order valence-corrected chi connectivity index (χ3v) is 3.42. The second-order valence-corrected chi connectivity index (χ2v) is 4.77. The predicted molar refractivity (Wildman–Crippen MR) is 75.5 cm³/mol. The van der Waals surface area contributed by atoms with Crippen LogP contribution in [0.1, 0.15) is 32.1 Å². The topological polar surface area (TPSA) is 64.9 Å². The summed E-state index contributed by atoms with van der Waals surface area (Å²) in [4.78, 5) is 4.44. The van der Waals surface area contributed by atoms with Crippen LogP contribution in [0, 0.1) is 5.92 Å². The zero-order valence-electron chi connectivity index (χ0n) is 11.4. The van der Waals surface area contributed by atoms with E-state index in [1.807, 2.05) is 30.3 Å². The molecule has 0 bridgehead atoms. The molecule has 1 atom stereocenters. The van der Waals surface area contributed by atoms with Gasteiger partial charge in [-0.2, -0.15) is 4.98 Å². The first-order valence-corrected chi connectivity index (χ1v) is 6.91. The predicted octanol–water partition coefficient (Wildman–Crippen LogP) is 3.04. The molecule has 4 heteroatoms. The molecule has 0 saturated heterocycles. The molecule has 1 unspecified atom stereocenters. The van der Waals surface area contributed by atoms with Crippen molar-refractivity contribution in [2.75, 3.05) is 6.54 Å². The maximum atomic E-state index is 5.60. The Morgan fingerprint density at radius 1 is 1.21 bits per heavy atom. The molecule has 0 amide bonds. The summed E-state index contributed by atoms with van der Waals surface area (Å²) in [5.41, 5.74) is 6.59. The molecule has 2 aromatic rings. The molecule has 2 rings (SSSR count). The van der Waals surface area contributed by atoms with Crippen LogP contribution in [-0.2, 0) is 6.42 Å². The molecule has 0 fully saturated rings. The lowest BCUT2D eigenvalue weighted by Gasteiger charge is -2.11. The first kappa shape index (κ1) is 13.7. The van der Waals surface area contributed by atoms with Crippen molar-refractivity contribution in [1.82, 2.24) is 10.1 Å². The van der Waals surface area contributed by atoms with Gasteiger partial charge >= 0.3 is 0 Å². The molecule has 1 heterocycles. The number of benzene rings is 1. The Labute approximate surface area is 114 Å². The van der Waals surface area contributed by atoms with Crippen LogP contribution in [-0.4, -0.2) is 16.7 Å². The van der Waals surface area contributed by atoms with Crippen molar-refractivity contribution in [2.24, 2.45) is 11.7 Å². The summed E-state index contributed by atoms with van der Waals surface area (Å²) in [6.45, 7) is 2.95. The molecule has 0 spiro atoms. The van der Waals surface area contributed by atoms with Gasteiger partial charge in [0.15, 0.2) is 0 Å². The minimum absolute atomic E-state index is 0.650. The first-order valence-electron chi connectivity index (χ1n) is 6.91. The lowest BCUT2D eigenvalue weighted by atomic mass is 9.97. The Kier molecular flexibility index (Phi) is 5.10. The monoisotopic (exact) mass is 259 g/mol.